The molecule has 1 unspecified atom stereocenters. The van der Waals surface area contributed by atoms with Crippen LogP contribution in [0.1, 0.15) is 31.4 Å². The van der Waals surface area contributed by atoms with Crippen LogP contribution >= 0.6 is 0 Å². The lowest BCUT2D eigenvalue weighted by Gasteiger charge is -2.11. The minimum atomic E-state index is -3.32. The van der Waals surface area contributed by atoms with Crippen molar-refractivity contribution in [2.24, 2.45) is 0 Å². The first-order valence-electron chi connectivity index (χ1n) is 5.82. The summed E-state index contributed by atoms with van der Waals surface area (Å²) in [6.07, 6.45) is 1.90. The van der Waals surface area contributed by atoms with Gasteiger partial charge in [0.15, 0.2) is 0 Å². The molecule has 0 saturated heterocycles. The van der Waals surface area contributed by atoms with Gasteiger partial charge in [-0.3, -0.25) is 0 Å². The van der Waals surface area contributed by atoms with Gasteiger partial charge in [-0.1, -0.05) is 12.1 Å². The van der Waals surface area contributed by atoms with Gasteiger partial charge in [-0.25, -0.2) is 13.1 Å². The summed E-state index contributed by atoms with van der Waals surface area (Å²) in [6.45, 7) is 2.03. The van der Waals surface area contributed by atoms with Crippen molar-refractivity contribution in [1.29, 1.82) is 0 Å². The van der Waals surface area contributed by atoms with E-state index in [0.717, 1.165) is 18.4 Å². The third kappa shape index (κ3) is 3.06. The zero-order valence-corrected chi connectivity index (χ0v) is 10.9. The number of sulfonamides is 1. The molecule has 0 spiro atoms. The Morgan fingerprint density at radius 2 is 1.82 bits per heavy atom. The van der Waals surface area contributed by atoms with E-state index in [9.17, 15) is 8.42 Å². The van der Waals surface area contributed by atoms with Crippen molar-refractivity contribution in [1.82, 2.24) is 10.0 Å². The van der Waals surface area contributed by atoms with E-state index >= 15 is 0 Å². The second-order valence-corrected chi connectivity index (χ2v) is 6.19. The Balaban J connectivity index is 2.16. The molecule has 1 atom stereocenters. The van der Waals surface area contributed by atoms with E-state index in [1.165, 1.54) is 0 Å². The number of nitrogens with one attached hydrogen (secondary N) is 2. The highest BCUT2D eigenvalue weighted by molar-refractivity contribution is 7.89. The van der Waals surface area contributed by atoms with Crippen LogP contribution in [0, 0.1) is 0 Å². The van der Waals surface area contributed by atoms with Crippen molar-refractivity contribution < 1.29 is 8.42 Å². The summed E-state index contributed by atoms with van der Waals surface area (Å²) in [4.78, 5) is 0.344. The van der Waals surface area contributed by atoms with Crippen molar-refractivity contribution in [2.45, 2.75) is 36.7 Å². The molecule has 0 heterocycles. The SMILES string of the molecule is CNC(C)c1ccc(S(=O)(=O)NC2CC2)cc1. The van der Waals surface area contributed by atoms with E-state index in [1.807, 2.05) is 26.1 Å². The van der Waals surface area contributed by atoms with Crippen LogP contribution in [-0.4, -0.2) is 21.5 Å². The molecule has 2 rings (SSSR count). The third-order valence-electron chi connectivity index (χ3n) is 3.02. The Hall–Kier alpha value is -0.910. The monoisotopic (exact) mass is 254 g/mol. The summed E-state index contributed by atoms with van der Waals surface area (Å²) < 4.78 is 26.5. The van der Waals surface area contributed by atoms with Crippen molar-refractivity contribution >= 4 is 10.0 Å². The van der Waals surface area contributed by atoms with Crippen LogP contribution in [0.3, 0.4) is 0 Å². The largest absolute Gasteiger partial charge is 0.313 e. The predicted molar refractivity (Wildman–Crippen MR) is 67.3 cm³/mol. The van der Waals surface area contributed by atoms with E-state index in [0.29, 0.717) is 4.90 Å². The van der Waals surface area contributed by atoms with Gasteiger partial charge in [0.2, 0.25) is 10.0 Å². The molecule has 2 N–H and O–H groups in total. The molecule has 0 bridgehead atoms. The van der Waals surface area contributed by atoms with Crippen molar-refractivity contribution in [3.05, 3.63) is 29.8 Å². The summed E-state index contributed by atoms with van der Waals surface area (Å²) in [5.41, 5.74) is 1.08. The molecule has 1 aromatic rings. The Bertz CT molecular complexity index is 478. The van der Waals surface area contributed by atoms with Gasteiger partial charge < -0.3 is 5.32 Å². The number of benzene rings is 1. The second-order valence-electron chi connectivity index (χ2n) is 4.47. The molecule has 4 nitrogen and oxygen atoms in total. The average Bonchev–Trinajstić information content (AvgIpc) is 3.11. The lowest BCUT2D eigenvalue weighted by atomic mass is 10.1. The zero-order valence-electron chi connectivity index (χ0n) is 10.1. The second kappa shape index (κ2) is 4.76. The first kappa shape index (κ1) is 12.5. The number of rotatable bonds is 5. The molecule has 1 fully saturated rings. The van der Waals surface area contributed by atoms with Crippen LogP contribution in [-0.2, 0) is 10.0 Å². The molecule has 1 aliphatic rings. The lowest BCUT2D eigenvalue weighted by Crippen LogP contribution is -2.25. The van der Waals surface area contributed by atoms with Gasteiger partial charge in [0, 0.05) is 12.1 Å². The van der Waals surface area contributed by atoms with Gasteiger partial charge in [-0.2, -0.15) is 0 Å². The van der Waals surface area contributed by atoms with E-state index in [1.54, 1.807) is 12.1 Å². The minimum Gasteiger partial charge on any atom is -0.313 e. The first-order valence-corrected chi connectivity index (χ1v) is 7.31. The Kier molecular flexibility index (Phi) is 3.51. The highest BCUT2D eigenvalue weighted by Crippen LogP contribution is 2.22. The highest BCUT2D eigenvalue weighted by Gasteiger charge is 2.27. The van der Waals surface area contributed by atoms with Crippen LogP contribution < -0.4 is 10.0 Å². The van der Waals surface area contributed by atoms with Gasteiger partial charge in [0.1, 0.15) is 0 Å². The molecular formula is C12H18N2O2S. The molecule has 5 heteroatoms. The molecule has 1 saturated carbocycles. The van der Waals surface area contributed by atoms with Crippen LogP contribution in [0.25, 0.3) is 0 Å². The van der Waals surface area contributed by atoms with Crippen LogP contribution in [0.4, 0.5) is 0 Å². The summed E-state index contributed by atoms with van der Waals surface area (Å²) in [5.74, 6) is 0. The molecule has 1 aliphatic carbocycles. The predicted octanol–water partition coefficient (Wildman–Crippen LogP) is 1.41. The van der Waals surface area contributed by atoms with E-state index in [-0.39, 0.29) is 12.1 Å². The van der Waals surface area contributed by atoms with Crippen LogP contribution in [0.2, 0.25) is 0 Å². The number of hydrogen-bond donors (Lipinski definition) is 2. The van der Waals surface area contributed by atoms with Crippen molar-refractivity contribution in [3.63, 3.8) is 0 Å². The van der Waals surface area contributed by atoms with Crippen LogP contribution in [0.5, 0.6) is 0 Å². The molecule has 0 aromatic heterocycles. The quantitative estimate of drug-likeness (QED) is 0.835. The average molecular weight is 254 g/mol. The van der Waals surface area contributed by atoms with E-state index in [2.05, 4.69) is 10.0 Å². The molecule has 94 valence electrons. The van der Waals surface area contributed by atoms with E-state index in [4.69, 9.17) is 0 Å². The van der Waals surface area contributed by atoms with Crippen molar-refractivity contribution in [2.75, 3.05) is 7.05 Å². The maximum Gasteiger partial charge on any atom is 0.240 e. The normalized spacial score (nSPS) is 18.0. The number of hydrogen-bond acceptors (Lipinski definition) is 3. The fourth-order valence-electron chi connectivity index (χ4n) is 1.59. The van der Waals surface area contributed by atoms with Crippen molar-refractivity contribution in [3.8, 4) is 0 Å². The van der Waals surface area contributed by atoms with Gasteiger partial charge in [0.25, 0.3) is 0 Å². The Labute approximate surface area is 102 Å². The smallest absolute Gasteiger partial charge is 0.240 e. The fraction of sp³-hybridized carbons (Fsp3) is 0.500. The molecule has 0 aliphatic heterocycles. The zero-order chi connectivity index (χ0) is 12.5. The molecular weight excluding hydrogens is 236 g/mol. The minimum absolute atomic E-state index is 0.149. The summed E-state index contributed by atoms with van der Waals surface area (Å²) in [5, 5.41) is 3.12. The van der Waals surface area contributed by atoms with Gasteiger partial charge >= 0.3 is 0 Å². The topological polar surface area (TPSA) is 58.2 Å². The summed E-state index contributed by atoms with van der Waals surface area (Å²) in [6, 6.07) is 7.39. The van der Waals surface area contributed by atoms with Gasteiger partial charge in [0.05, 0.1) is 4.90 Å². The lowest BCUT2D eigenvalue weighted by molar-refractivity contribution is 0.580. The fourth-order valence-corrected chi connectivity index (χ4v) is 2.90. The third-order valence-corrected chi connectivity index (χ3v) is 4.56. The Morgan fingerprint density at radius 3 is 2.29 bits per heavy atom. The molecule has 17 heavy (non-hydrogen) atoms. The highest BCUT2D eigenvalue weighted by atomic mass is 32.2. The summed E-state index contributed by atoms with van der Waals surface area (Å²) >= 11 is 0. The van der Waals surface area contributed by atoms with E-state index < -0.39 is 10.0 Å². The van der Waals surface area contributed by atoms with Crippen LogP contribution in [0.15, 0.2) is 29.2 Å². The van der Waals surface area contributed by atoms with Gasteiger partial charge in [-0.05, 0) is 44.5 Å². The molecule has 0 radical (unpaired) electrons. The maximum atomic E-state index is 11.9. The molecule has 0 amide bonds. The first-order chi connectivity index (χ1) is 8.03. The Morgan fingerprint density at radius 1 is 1.24 bits per heavy atom. The standard InChI is InChI=1S/C12H18N2O2S/c1-9(13-2)10-3-7-12(8-4-10)17(15,16)14-11-5-6-11/h3-4,7-9,11,13-14H,5-6H2,1-2H3. The van der Waals surface area contributed by atoms with Gasteiger partial charge in [-0.15, -0.1) is 0 Å². The molecule has 1 aromatic carbocycles. The summed E-state index contributed by atoms with van der Waals surface area (Å²) in [7, 11) is -1.44. The maximum absolute atomic E-state index is 11.9.